The number of aromatic nitrogens is 5. The molecule has 54 heavy (non-hydrogen) atoms. The van der Waals surface area contributed by atoms with Gasteiger partial charge in [0.1, 0.15) is 0 Å². The van der Waals surface area contributed by atoms with Crippen molar-refractivity contribution in [1.82, 2.24) is 24.1 Å². The molecule has 0 radical (unpaired) electrons. The summed E-state index contributed by atoms with van der Waals surface area (Å²) in [5.74, 6) is 4.53. The first-order valence-electron chi connectivity index (χ1n) is 19.6. The molecule has 3 aromatic heterocycles. The fourth-order valence-corrected chi connectivity index (χ4v) is 11.3. The molecule has 0 unspecified atom stereocenters. The van der Waals surface area contributed by atoms with Crippen LogP contribution in [0.2, 0.25) is 0 Å². The van der Waals surface area contributed by atoms with Crippen LogP contribution in [0.4, 0.5) is 0 Å². The number of nitrogens with zero attached hydrogens (tertiary/aromatic N) is 5. The summed E-state index contributed by atoms with van der Waals surface area (Å²) in [5, 5.41) is 4.72. The number of fused-ring (bicyclic) bond motifs is 6. The number of hydrogen-bond donors (Lipinski definition) is 0. The summed E-state index contributed by atoms with van der Waals surface area (Å²) in [5.41, 5.74) is 9.48. The molecule has 0 aliphatic heterocycles. The zero-order valence-electron chi connectivity index (χ0n) is 30.1. The Kier molecular flexibility index (Phi) is 6.45. The topological polar surface area (TPSA) is 48.5 Å². The zero-order valence-corrected chi connectivity index (χ0v) is 30.1. The predicted molar refractivity (Wildman–Crippen MR) is 219 cm³/mol. The van der Waals surface area contributed by atoms with Crippen LogP contribution in [0.15, 0.2) is 146 Å². The third-order valence-corrected chi connectivity index (χ3v) is 13.2. The fourth-order valence-electron chi connectivity index (χ4n) is 11.3. The van der Waals surface area contributed by atoms with Gasteiger partial charge in [0.15, 0.2) is 5.82 Å². The highest BCUT2D eigenvalue weighted by molar-refractivity contribution is 6.10. The molecule has 5 nitrogen and oxygen atoms in total. The molecule has 0 atom stereocenters. The van der Waals surface area contributed by atoms with Crippen molar-refractivity contribution in [2.75, 3.05) is 0 Å². The number of benzene rings is 6. The van der Waals surface area contributed by atoms with Crippen molar-refractivity contribution in [2.45, 2.75) is 43.9 Å². The van der Waals surface area contributed by atoms with E-state index in [1.807, 2.05) is 0 Å². The molecule has 5 heteroatoms. The minimum absolute atomic E-state index is 0.276. The number of rotatable bonds is 5. The summed E-state index contributed by atoms with van der Waals surface area (Å²) in [6, 6.07) is 52.5. The quantitative estimate of drug-likeness (QED) is 0.180. The van der Waals surface area contributed by atoms with E-state index in [1.54, 1.807) is 0 Å². The van der Waals surface area contributed by atoms with Crippen molar-refractivity contribution in [3.05, 3.63) is 151 Å². The van der Waals surface area contributed by atoms with Crippen LogP contribution in [-0.4, -0.2) is 24.1 Å². The third kappa shape index (κ3) is 4.48. The molecule has 4 bridgehead atoms. The first kappa shape index (κ1) is 30.4. The van der Waals surface area contributed by atoms with Crippen molar-refractivity contribution in [1.29, 1.82) is 0 Å². The summed E-state index contributed by atoms with van der Waals surface area (Å²) >= 11 is 0. The molecule has 4 saturated carbocycles. The number of para-hydroxylation sites is 4. The van der Waals surface area contributed by atoms with Crippen LogP contribution in [-0.2, 0) is 5.41 Å². The minimum Gasteiger partial charge on any atom is -0.278 e. The minimum atomic E-state index is 0.276. The Morgan fingerprint density at radius 2 is 0.852 bits per heavy atom. The summed E-state index contributed by atoms with van der Waals surface area (Å²) in [6.45, 7) is 0. The van der Waals surface area contributed by atoms with Crippen LogP contribution in [0.5, 0.6) is 0 Å². The van der Waals surface area contributed by atoms with E-state index in [4.69, 9.17) is 15.0 Å². The van der Waals surface area contributed by atoms with Gasteiger partial charge in [-0.15, -0.1) is 0 Å². The first-order valence-corrected chi connectivity index (χ1v) is 19.6. The monoisotopic (exact) mass is 697 g/mol. The average Bonchev–Trinajstić information content (AvgIpc) is 3.74. The van der Waals surface area contributed by atoms with E-state index in [1.165, 1.54) is 76.8 Å². The van der Waals surface area contributed by atoms with Crippen LogP contribution >= 0.6 is 0 Å². The SMILES string of the molecule is c1ccc(-c2cc(C34CC5CC(CC(C5)C3)C4)ccc2-c2nc(-n3c4ccccc4c4ccccc43)nc(-n3c4ccccc4c4ccccc43)n2)cc1. The van der Waals surface area contributed by atoms with Gasteiger partial charge in [-0.05, 0) is 109 Å². The van der Waals surface area contributed by atoms with Crippen LogP contribution in [0, 0.1) is 17.8 Å². The smallest absolute Gasteiger partial charge is 0.240 e. The highest BCUT2D eigenvalue weighted by atomic mass is 15.3. The summed E-state index contributed by atoms with van der Waals surface area (Å²) in [7, 11) is 0. The van der Waals surface area contributed by atoms with Crippen molar-refractivity contribution in [3.63, 3.8) is 0 Å². The van der Waals surface area contributed by atoms with Gasteiger partial charge in [0, 0.05) is 27.1 Å². The van der Waals surface area contributed by atoms with E-state index >= 15 is 0 Å². The fraction of sp³-hybridized carbons (Fsp3) is 0.204. The Labute approximate surface area is 314 Å². The van der Waals surface area contributed by atoms with Crippen molar-refractivity contribution < 1.29 is 0 Å². The maximum absolute atomic E-state index is 5.45. The van der Waals surface area contributed by atoms with Gasteiger partial charge in [0.05, 0.1) is 22.1 Å². The summed E-state index contributed by atoms with van der Waals surface area (Å²) < 4.78 is 4.44. The molecule has 4 aliphatic carbocycles. The summed E-state index contributed by atoms with van der Waals surface area (Å²) in [6.07, 6.45) is 8.29. The molecule has 0 N–H and O–H groups in total. The Hall–Kier alpha value is -6.07. The van der Waals surface area contributed by atoms with E-state index in [9.17, 15) is 0 Å². The molecule has 4 aliphatic rings. The Balaban J connectivity index is 1.15. The lowest BCUT2D eigenvalue weighted by atomic mass is 9.48. The second-order valence-corrected chi connectivity index (χ2v) is 16.3. The molecule has 4 fully saturated rings. The van der Waals surface area contributed by atoms with Crippen molar-refractivity contribution >= 4 is 43.6 Å². The Bertz CT molecular complexity index is 2660. The predicted octanol–water partition coefficient (Wildman–Crippen LogP) is 11.9. The van der Waals surface area contributed by atoms with Crippen LogP contribution in [0.1, 0.15) is 44.1 Å². The molecule has 13 rings (SSSR count). The second-order valence-electron chi connectivity index (χ2n) is 16.3. The van der Waals surface area contributed by atoms with Gasteiger partial charge in [-0.1, -0.05) is 115 Å². The Morgan fingerprint density at radius 3 is 1.31 bits per heavy atom. The van der Waals surface area contributed by atoms with Crippen LogP contribution in [0.25, 0.3) is 78.0 Å². The molecule has 3 heterocycles. The maximum Gasteiger partial charge on any atom is 0.240 e. The molecule has 6 aromatic carbocycles. The van der Waals surface area contributed by atoms with Gasteiger partial charge in [-0.25, -0.2) is 0 Å². The second kappa shape index (κ2) is 11.5. The average molecular weight is 698 g/mol. The van der Waals surface area contributed by atoms with E-state index in [-0.39, 0.29) is 5.41 Å². The number of hydrogen-bond acceptors (Lipinski definition) is 3. The van der Waals surface area contributed by atoms with Gasteiger partial charge in [0.2, 0.25) is 11.9 Å². The molecule has 0 saturated heterocycles. The van der Waals surface area contributed by atoms with E-state index < -0.39 is 0 Å². The van der Waals surface area contributed by atoms with E-state index in [0.29, 0.717) is 17.7 Å². The lowest BCUT2D eigenvalue weighted by Gasteiger charge is -2.57. The van der Waals surface area contributed by atoms with Gasteiger partial charge in [0.25, 0.3) is 0 Å². The van der Waals surface area contributed by atoms with E-state index in [0.717, 1.165) is 45.4 Å². The molecular weight excluding hydrogens is 659 g/mol. The normalized spacial score (nSPS) is 21.9. The van der Waals surface area contributed by atoms with Gasteiger partial charge < -0.3 is 0 Å². The molecule has 260 valence electrons. The molecule has 9 aromatic rings. The lowest BCUT2D eigenvalue weighted by molar-refractivity contribution is -0.00516. The van der Waals surface area contributed by atoms with Crippen LogP contribution < -0.4 is 0 Å². The summed E-state index contributed by atoms with van der Waals surface area (Å²) in [4.78, 5) is 16.3. The lowest BCUT2D eigenvalue weighted by Crippen LogP contribution is -2.48. The maximum atomic E-state index is 5.45. The van der Waals surface area contributed by atoms with E-state index in [2.05, 4.69) is 155 Å². The van der Waals surface area contributed by atoms with Gasteiger partial charge >= 0.3 is 0 Å². The standard InChI is InChI=1S/C49H39N5/c1-2-12-34(13-3-1)41-27-35(49-28-31-24-32(29-49)26-33(25-31)30-49)22-23-40(41)46-50-47(53-42-18-8-4-14-36(42)37-15-5-9-19-43(37)53)52-48(51-46)54-44-20-10-6-16-38(44)39-17-7-11-21-45(39)54/h1-23,27,31-33H,24-26,28-30H2. The molecule has 0 amide bonds. The first-order chi connectivity index (χ1) is 26.7. The third-order valence-electron chi connectivity index (χ3n) is 13.2. The largest absolute Gasteiger partial charge is 0.278 e. The highest BCUT2D eigenvalue weighted by Crippen LogP contribution is 2.61. The highest BCUT2D eigenvalue weighted by Gasteiger charge is 2.51. The zero-order chi connectivity index (χ0) is 35.4. The molecule has 0 spiro atoms. The van der Waals surface area contributed by atoms with Gasteiger partial charge in [-0.3, -0.25) is 9.13 Å². The molecular formula is C49H39N5. The van der Waals surface area contributed by atoms with Crippen molar-refractivity contribution in [2.24, 2.45) is 17.8 Å². The van der Waals surface area contributed by atoms with Crippen molar-refractivity contribution in [3.8, 4) is 34.4 Å². The Morgan fingerprint density at radius 1 is 0.426 bits per heavy atom. The van der Waals surface area contributed by atoms with Crippen LogP contribution in [0.3, 0.4) is 0 Å². The van der Waals surface area contributed by atoms with Gasteiger partial charge in [-0.2, -0.15) is 15.0 Å².